The van der Waals surface area contributed by atoms with Gasteiger partial charge in [-0.2, -0.15) is 0 Å². The van der Waals surface area contributed by atoms with Gasteiger partial charge in [0.2, 0.25) is 0 Å². The summed E-state index contributed by atoms with van der Waals surface area (Å²) in [5, 5.41) is 6.51. The first-order valence-electron chi connectivity index (χ1n) is 6.96. The molecule has 1 atom stereocenters. The van der Waals surface area contributed by atoms with Crippen molar-refractivity contribution >= 4 is 23.0 Å². The molecule has 2 nitrogen and oxygen atoms in total. The Kier molecular flexibility index (Phi) is 5.08. The van der Waals surface area contributed by atoms with Crippen LogP contribution in [0.3, 0.4) is 0 Å². The molecule has 0 aliphatic carbocycles. The van der Waals surface area contributed by atoms with Crippen molar-refractivity contribution in [3.05, 3.63) is 64.7 Å². The highest BCUT2D eigenvalue weighted by molar-refractivity contribution is 7.80. The van der Waals surface area contributed by atoms with E-state index in [-0.39, 0.29) is 6.04 Å². The van der Waals surface area contributed by atoms with Crippen molar-refractivity contribution in [3.8, 4) is 0 Å². The van der Waals surface area contributed by atoms with Gasteiger partial charge in [0.1, 0.15) is 11.6 Å². The first-order valence-corrected chi connectivity index (χ1v) is 7.37. The summed E-state index contributed by atoms with van der Waals surface area (Å²) in [5.41, 5.74) is 3.46. The predicted molar refractivity (Wildman–Crippen MR) is 90.0 cm³/mol. The minimum atomic E-state index is -0.593. The van der Waals surface area contributed by atoms with Gasteiger partial charge in [0, 0.05) is 17.3 Å². The third kappa shape index (κ3) is 4.01. The fourth-order valence-electron chi connectivity index (χ4n) is 2.16. The van der Waals surface area contributed by atoms with Gasteiger partial charge >= 0.3 is 0 Å². The second-order valence-corrected chi connectivity index (χ2v) is 5.71. The fraction of sp³-hybridized carbons (Fsp3) is 0.235. The molecule has 0 aliphatic heterocycles. The third-order valence-corrected chi connectivity index (χ3v) is 3.64. The number of hydrogen-bond acceptors (Lipinski definition) is 1. The van der Waals surface area contributed by atoms with Crippen LogP contribution in [0.2, 0.25) is 0 Å². The highest BCUT2D eigenvalue weighted by Gasteiger charge is 2.13. The molecule has 2 aromatic rings. The Bertz CT molecular complexity index is 701. The van der Waals surface area contributed by atoms with Gasteiger partial charge in [-0.1, -0.05) is 18.2 Å². The maximum atomic E-state index is 13.8. The van der Waals surface area contributed by atoms with Gasteiger partial charge in [-0.05, 0) is 56.2 Å². The van der Waals surface area contributed by atoms with Crippen molar-refractivity contribution in [2.75, 3.05) is 5.32 Å². The lowest BCUT2D eigenvalue weighted by atomic mass is 10.1. The molecule has 0 aromatic heterocycles. The number of hydrogen-bond donors (Lipinski definition) is 2. The normalized spacial score (nSPS) is 11.9. The summed E-state index contributed by atoms with van der Waals surface area (Å²) in [4.78, 5) is 0. The van der Waals surface area contributed by atoms with Crippen molar-refractivity contribution in [1.29, 1.82) is 0 Å². The van der Waals surface area contributed by atoms with Crippen molar-refractivity contribution in [3.63, 3.8) is 0 Å². The van der Waals surface area contributed by atoms with Gasteiger partial charge in [0.15, 0.2) is 5.11 Å². The molecule has 2 aromatic carbocycles. The van der Waals surface area contributed by atoms with Crippen molar-refractivity contribution in [2.45, 2.75) is 26.8 Å². The molecule has 22 heavy (non-hydrogen) atoms. The number of benzene rings is 2. The van der Waals surface area contributed by atoms with E-state index in [0.717, 1.165) is 22.9 Å². The largest absolute Gasteiger partial charge is 0.356 e. The van der Waals surface area contributed by atoms with Gasteiger partial charge in [-0.15, -0.1) is 0 Å². The lowest BCUT2D eigenvalue weighted by molar-refractivity contribution is 0.554. The first kappa shape index (κ1) is 16.4. The molecular weight excluding hydrogens is 302 g/mol. The van der Waals surface area contributed by atoms with E-state index >= 15 is 0 Å². The molecule has 2 rings (SSSR count). The topological polar surface area (TPSA) is 24.1 Å². The van der Waals surface area contributed by atoms with Crippen LogP contribution in [-0.4, -0.2) is 5.11 Å². The van der Waals surface area contributed by atoms with Crippen LogP contribution in [0.5, 0.6) is 0 Å². The summed E-state index contributed by atoms with van der Waals surface area (Å²) in [6.45, 7) is 5.75. The van der Waals surface area contributed by atoms with Crippen molar-refractivity contribution < 1.29 is 8.78 Å². The third-order valence-electron chi connectivity index (χ3n) is 3.42. The number of aryl methyl sites for hydroxylation is 2. The van der Waals surface area contributed by atoms with Crippen molar-refractivity contribution in [1.82, 2.24) is 5.32 Å². The number of rotatable bonds is 3. The van der Waals surface area contributed by atoms with E-state index in [1.54, 1.807) is 6.92 Å². The first-order chi connectivity index (χ1) is 10.4. The van der Waals surface area contributed by atoms with Crippen LogP contribution in [0.1, 0.15) is 29.7 Å². The monoisotopic (exact) mass is 320 g/mol. The molecule has 0 saturated carbocycles. The zero-order valence-corrected chi connectivity index (χ0v) is 13.5. The van der Waals surface area contributed by atoms with E-state index in [2.05, 4.69) is 10.6 Å². The molecule has 0 saturated heterocycles. The Morgan fingerprint density at radius 2 is 1.82 bits per heavy atom. The van der Waals surface area contributed by atoms with Crippen LogP contribution in [0, 0.1) is 25.5 Å². The van der Waals surface area contributed by atoms with Crippen LogP contribution in [0.15, 0.2) is 36.4 Å². The Labute approximate surface area is 134 Å². The summed E-state index contributed by atoms with van der Waals surface area (Å²) in [7, 11) is 0. The summed E-state index contributed by atoms with van der Waals surface area (Å²) in [6.07, 6.45) is 0. The molecule has 5 heteroatoms. The molecule has 2 N–H and O–H groups in total. The Hall–Kier alpha value is -2.01. The van der Waals surface area contributed by atoms with Gasteiger partial charge < -0.3 is 10.6 Å². The quantitative estimate of drug-likeness (QED) is 0.806. The van der Waals surface area contributed by atoms with E-state index in [9.17, 15) is 8.78 Å². The molecule has 116 valence electrons. The highest BCUT2D eigenvalue weighted by atomic mass is 32.1. The van der Waals surface area contributed by atoms with Gasteiger partial charge in [-0.3, -0.25) is 0 Å². The average Bonchev–Trinajstić information content (AvgIpc) is 2.42. The summed E-state index contributed by atoms with van der Waals surface area (Å²) in [5.74, 6) is -1.18. The van der Waals surface area contributed by atoms with Crippen LogP contribution in [0.25, 0.3) is 0 Å². The average molecular weight is 320 g/mol. The van der Waals surface area contributed by atoms with E-state index in [1.165, 1.54) is 12.1 Å². The van der Waals surface area contributed by atoms with Crippen molar-refractivity contribution in [2.24, 2.45) is 0 Å². The lowest BCUT2D eigenvalue weighted by Gasteiger charge is -2.19. The minimum Gasteiger partial charge on any atom is -0.356 e. The minimum absolute atomic E-state index is 0.367. The predicted octanol–water partition coefficient (Wildman–Crippen LogP) is 4.63. The maximum Gasteiger partial charge on any atom is 0.171 e. The van der Waals surface area contributed by atoms with Gasteiger partial charge in [-0.25, -0.2) is 8.78 Å². The van der Waals surface area contributed by atoms with Gasteiger partial charge in [0.05, 0.1) is 6.04 Å². The van der Waals surface area contributed by atoms with Crippen LogP contribution < -0.4 is 10.6 Å². The number of halogens is 2. The second-order valence-electron chi connectivity index (χ2n) is 5.30. The molecule has 0 amide bonds. The summed E-state index contributed by atoms with van der Waals surface area (Å²) < 4.78 is 26.7. The van der Waals surface area contributed by atoms with E-state index in [4.69, 9.17) is 12.2 Å². The Morgan fingerprint density at radius 3 is 2.50 bits per heavy atom. The highest BCUT2D eigenvalue weighted by Crippen LogP contribution is 2.19. The van der Waals surface area contributed by atoms with E-state index in [1.807, 2.05) is 32.0 Å². The smallest absolute Gasteiger partial charge is 0.171 e. The number of thiocarbonyl (C=S) groups is 1. The number of anilines is 1. The fourth-order valence-corrected chi connectivity index (χ4v) is 2.44. The van der Waals surface area contributed by atoms with Crippen LogP contribution >= 0.6 is 12.2 Å². The molecule has 0 bridgehead atoms. The molecule has 0 unspecified atom stereocenters. The molecule has 0 heterocycles. The molecular formula is C17H18F2N2S. The van der Waals surface area contributed by atoms with Crippen LogP contribution in [-0.2, 0) is 0 Å². The molecule has 0 spiro atoms. The SMILES string of the molecule is Cc1ccc(C)c(NC(=S)N[C@@H](C)c2ccc(F)cc2F)c1. The standard InChI is InChI=1S/C17H18F2N2S/c1-10-4-5-11(2)16(8-10)21-17(22)20-12(3)14-7-6-13(18)9-15(14)19/h4-9,12H,1-3H3,(H2,20,21,22)/t12-/m0/s1. The van der Waals surface area contributed by atoms with E-state index in [0.29, 0.717) is 10.7 Å². The Balaban J connectivity index is 2.06. The van der Waals surface area contributed by atoms with Crippen LogP contribution in [0.4, 0.5) is 14.5 Å². The second kappa shape index (κ2) is 6.83. The maximum absolute atomic E-state index is 13.8. The summed E-state index contributed by atoms with van der Waals surface area (Å²) >= 11 is 5.27. The molecule has 0 aliphatic rings. The lowest BCUT2D eigenvalue weighted by Crippen LogP contribution is -2.31. The van der Waals surface area contributed by atoms with E-state index < -0.39 is 11.6 Å². The molecule has 0 radical (unpaired) electrons. The van der Waals surface area contributed by atoms with Gasteiger partial charge in [0.25, 0.3) is 0 Å². The zero-order chi connectivity index (χ0) is 16.3. The zero-order valence-electron chi connectivity index (χ0n) is 12.7. The summed E-state index contributed by atoms with van der Waals surface area (Å²) in [6, 6.07) is 9.17. The molecule has 0 fully saturated rings. The number of nitrogens with one attached hydrogen (secondary N) is 2. The Morgan fingerprint density at radius 1 is 1.09 bits per heavy atom.